The maximum absolute atomic E-state index is 12.4. The van der Waals surface area contributed by atoms with Crippen LogP contribution in [0.25, 0.3) is 0 Å². The summed E-state index contributed by atoms with van der Waals surface area (Å²) in [6.07, 6.45) is 1.57. The summed E-state index contributed by atoms with van der Waals surface area (Å²) in [4.78, 5) is 26.4. The molecule has 0 saturated carbocycles. The number of aliphatic hydroxyl groups excluding tert-OH is 1. The van der Waals surface area contributed by atoms with Gasteiger partial charge in [0, 0.05) is 13.1 Å². The number of carbonyl (C=O) groups excluding carboxylic acids is 2. The van der Waals surface area contributed by atoms with E-state index < -0.39 is 6.04 Å². The van der Waals surface area contributed by atoms with Crippen molar-refractivity contribution in [3.63, 3.8) is 0 Å². The van der Waals surface area contributed by atoms with E-state index in [1.807, 2.05) is 61.6 Å². The van der Waals surface area contributed by atoms with Crippen molar-refractivity contribution in [3.05, 3.63) is 65.7 Å². The minimum Gasteiger partial charge on any atom is -0.494 e. The highest BCUT2D eigenvalue weighted by Crippen LogP contribution is 2.13. The van der Waals surface area contributed by atoms with Gasteiger partial charge in [-0.15, -0.1) is 0 Å². The standard InChI is InChI=1S/C24H32N2O4/c1-19(28)23(17-20-7-4-3-5-8-20)25-24(29)18-21-9-11-22(12-10-21)30-16-6-13-26(2)14-15-27/h3-5,7-12,23,27H,6,13-18H2,1-2H3,(H,25,29). The minimum absolute atomic E-state index is 0.0550. The van der Waals surface area contributed by atoms with Gasteiger partial charge in [0.25, 0.3) is 0 Å². The predicted molar refractivity (Wildman–Crippen MR) is 118 cm³/mol. The molecule has 0 bridgehead atoms. The summed E-state index contributed by atoms with van der Waals surface area (Å²) in [5.41, 5.74) is 1.88. The van der Waals surface area contributed by atoms with E-state index in [1.54, 1.807) is 0 Å². The van der Waals surface area contributed by atoms with E-state index >= 15 is 0 Å². The normalized spacial score (nSPS) is 11.9. The van der Waals surface area contributed by atoms with E-state index in [2.05, 4.69) is 10.2 Å². The number of hydrogen-bond donors (Lipinski definition) is 2. The van der Waals surface area contributed by atoms with Crippen LogP contribution >= 0.6 is 0 Å². The molecular formula is C24H32N2O4. The number of amides is 1. The van der Waals surface area contributed by atoms with Gasteiger partial charge in [-0.05, 0) is 50.1 Å². The van der Waals surface area contributed by atoms with E-state index in [4.69, 9.17) is 9.84 Å². The molecule has 162 valence electrons. The molecule has 0 aliphatic rings. The molecule has 0 spiro atoms. The maximum Gasteiger partial charge on any atom is 0.225 e. The number of benzene rings is 2. The predicted octanol–water partition coefficient (Wildman–Crippen LogP) is 2.24. The zero-order chi connectivity index (χ0) is 21.8. The zero-order valence-electron chi connectivity index (χ0n) is 17.8. The van der Waals surface area contributed by atoms with Crippen LogP contribution in [0.15, 0.2) is 54.6 Å². The van der Waals surface area contributed by atoms with Crippen LogP contribution < -0.4 is 10.1 Å². The third-order valence-corrected chi connectivity index (χ3v) is 4.83. The second kappa shape index (κ2) is 12.8. The van der Waals surface area contributed by atoms with E-state index in [9.17, 15) is 9.59 Å². The number of likely N-dealkylation sites (N-methyl/N-ethyl adjacent to an activating group) is 1. The number of rotatable bonds is 13. The molecular weight excluding hydrogens is 380 g/mol. The Morgan fingerprint density at radius 2 is 1.73 bits per heavy atom. The van der Waals surface area contributed by atoms with Crippen molar-refractivity contribution in [3.8, 4) is 5.75 Å². The molecule has 6 nitrogen and oxygen atoms in total. The maximum atomic E-state index is 12.4. The summed E-state index contributed by atoms with van der Waals surface area (Å²) >= 11 is 0. The molecule has 0 aliphatic heterocycles. The summed E-state index contributed by atoms with van der Waals surface area (Å²) < 4.78 is 5.72. The monoisotopic (exact) mass is 412 g/mol. The van der Waals surface area contributed by atoms with Crippen molar-refractivity contribution in [1.82, 2.24) is 10.2 Å². The number of aliphatic hydroxyl groups is 1. The second-order valence-corrected chi connectivity index (χ2v) is 7.47. The molecule has 0 fully saturated rings. The van der Waals surface area contributed by atoms with Crippen LogP contribution in [0, 0.1) is 0 Å². The Morgan fingerprint density at radius 3 is 2.37 bits per heavy atom. The van der Waals surface area contributed by atoms with Gasteiger partial charge in [-0.3, -0.25) is 9.59 Å². The van der Waals surface area contributed by atoms with Crippen molar-refractivity contribution in [2.75, 3.05) is 33.4 Å². The first-order valence-corrected chi connectivity index (χ1v) is 10.3. The topological polar surface area (TPSA) is 78.9 Å². The summed E-state index contributed by atoms with van der Waals surface area (Å²) in [5, 5.41) is 11.7. The third-order valence-electron chi connectivity index (χ3n) is 4.83. The smallest absolute Gasteiger partial charge is 0.225 e. The molecule has 0 aromatic heterocycles. The lowest BCUT2D eigenvalue weighted by atomic mass is 10.0. The van der Waals surface area contributed by atoms with E-state index in [-0.39, 0.29) is 24.7 Å². The van der Waals surface area contributed by atoms with Gasteiger partial charge >= 0.3 is 0 Å². The molecule has 2 N–H and O–H groups in total. The number of hydrogen-bond acceptors (Lipinski definition) is 5. The quantitative estimate of drug-likeness (QED) is 0.494. The first kappa shape index (κ1) is 23.6. The Labute approximate surface area is 178 Å². The van der Waals surface area contributed by atoms with Crippen molar-refractivity contribution < 1.29 is 19.4 Å². The Kier molecular flexibility index (Phi) is 10.0. The SMILES string of the molecule is CC(=O)C(Cc1ccccc1)NC(=O)Cc1ccc(OCCCN(C)CCO)cc1. The fourth-order valence-corrected chi connectivity index (χ4v) is 3.09. The lowest BCUT2D eigenvalue weighted by Crippen LogP contribution is -2.42. The number of ketones is 1. The highest BCUT2D eigenvalue weighted by atomic mass is 16.5. The molecule has 0 saturated heterocycles. The van der Waals surface area contributed by atoms with Crippen LogP contribution in [0.2, 0.25) is 0 Å². The molecule has 1 unspecified atom stereocenters. The van der Waals surface area contributed by atoms with Gasteiger partial charge in [0.1, 0.15) is 5.75 Å². The molecule has 30 heavy (non-hydrogen) atoms. The van der Waals surface area contributed by atoms with Gasteiger partial charge in [-0.2, -0.15) is 0 Å². The Hall–Kier alpha value is -2.70. The molecule has 1 amide bonds. The number of nitrogens with zero attached hydrogens (tertiary/aromatic N) is 1. The van der Waals surface area contributed by atoms with Crippen molar-refractivity contribution >= 4 is 11.7 Å². The van der Waals surface area contributed by atoms with Gasteiger partial charge < -0.3 is 20.1 Å². The first-order valence-electron chi connectivity index (χ1n) is 10.3. The molecule has 6 heteroatoms. The zero-order valence-corrected chi connectivity index (χ0v) is 17.8. The average molecular weight is 413 g/mol. The largest absolute Gasteiger partial charge is 0.494 e. The summed E-state index contributed by atoms with van der Waals surface area (Å²) in [7, 11) is 1.96. The van der Waals surface area contributed by atoms with Gasteiger partial charge in [-0.25, -0.2) is 0 Å². The molecule has 2 aromatic carbocycles. The Bertz CT molecular complexity index is 778. The van der Waals surface area contributed by atoms with Gasteiger partial charge in [0.15, 0.2) is 5.78 Å². The van der Waals surface area contributed by atoms with Crippen LogP contribution in [0.1, 0.15) is 24.5 Å². The van der Waals surface area contributed by atoms with Gasteiger partial charge in [0.2, 0.25) is 5.91 Å². The molecule has 0 radical (unpaired) electrons. The average Bonchev–Trinajstić information content (AvgIpc) is 2.73. The van der Waals surface area contributed by atoms with Crippen LogP contribution in [-0.4, -0.2) is 61.1 Å². The fourth-order valence-electron chi connectivity index (χ4n) is 3.09. The summed E-state index contributed by atoms with van der Waals surface area (Å²) in [6.45, 7) is 3.77. The van der Waals surface area contributed by atoms with Crippen molar-refractivity contribution in [1.29, 1.82) is 0 Å². The highest BCUT2D eigenvalue weighted by molar-refractivity contribution is 5.88. The number of nitrogens with one attached hydrogen (secondary N) is 1. The Morgan fingerprint density at radius 1 is 1.03 bits per heavy atom. The van der Waals surface area contributed by atoms with Crippen LogP contribution in [-0.2, 0) is 22.4 Å². The Balaban J connectivity index is 1.78. The van der Waals surface area contributed by atoms with Crippen LogP contribution in [0.5, 0.6) is 5.75 Å². The number of carbonyl (C=O) groups is 2. The number of Topliss-reactive ketones (excluding diaryl/α,β-unsaturated/α-hetero) is 1. The fraction of sp³-hybridized carbons (Fsp3) is 0.417. The van der Waals surface area contributed by atoms with Gasteiger partial charge in [-0.1, -0.05) is 42.5 Å². The van der Waals surface area contributed by atoms with Crippen LogP contribution in [0.3, 0.4) is 0 Å². The first-order chi connectivity index (χ1) is 14.5. The lowest BCUT2D eigenvalue weighted by molar-refractivity contribution is -0.126. The molecule has 0 heterocycles. The lowest BCUT2D eigenvalue weighted by Gasteiger charge is -2.16. The molecule has 2 aromatic rings. The summed E-state index contributed by atoms with van der Waals surface area (Å²) in [5.74, 6) is 0.530. The van der Waals surface area contributed by atoms with E-state index in [0.717, 1.165) is 29.8 Å². The highest BCUT2D eigenvalue weighted by Gasteiger charge is 2.17. The van der Waals surface area contributed by atoms with Crippen molar-refractivity contribution in [2.24, 2.45) is 0 Å². The van der Waals surface area contributed by atoms with E-state index in [1.165, 1.54) is 6.92 Å². The molecule has 0 aliphatic carbocycles. The van der Waals surface area contributed by atoms with E-state index in [0.29, 0.717) is 19.6 Å². The van der Waals surface area contributed by atoms with Crippen molar-refractivity contribution in [2.45, 2.75) is 32.2 Å². The molecule has 1 atom stereocenters. The van der Waals surface area contributed by atoms with Crippen LogP contribution in [0.4, 0.5) is 0 Å². The minimum atomic E-state index is -0.522. The third kappa shape index (κ3) is 8.76. The summed E-state index contributed by atoms with van der Waals surface area (Å²) in [6, 6.07) is 16.6. The van der Waals surface area contributed by atoms with Gasteiger partial charge in [0.05, 0.1) is 25.7 Å². The molecule has 2 rings (SSSR count). The second-order valence-electron chi connectivity index (χ2n) is 7.47. The number of ether oxygens (including phenoxy) is 1.